The topological polar surface area (TPSA) is 78.9 Å². The highest BCUT2D eigenvalue weighted by atomic mass is 16.5. The Morgan fingerprint density at radius 1 is 1.08 bits per heavy atom. The lowest BCUT2D eigenvalue weighted by Crippen LogP contribution is -2.43. The van der Waals surface area contributed by atoms with Gasteiger partial charge in [-0.3, -0.25) is 9.59 Å². The molecule has 1 aromatic heterocycles. The number of nitrogens with zero attached hydrogens (tertiary/aromatic N) is 5. The molecule has 142 valence electrons. The van der Waals surface area contributed by atoms with Crippen LogP contribution in [0.25, 0.3) is 0 Å². The summed E-state index contributed by atoms with van der Waals surface area (Å²) in [5.41, 5.74) is 0. The van der Waals surface area contributed by atoms with Gasteiger partial charge in [0.15, 0.2) is 5.82 Å². The van der Waals surface area contributed by atoms with Crippen molar-refractivity contribution in [2.45, 2.75) is 32.3 Å². The number of ether oxygens (including phenoxy) is 1. The van der Waals surface area contributed by atoms with Gasteiger partial charge in [0.05, 0.1) is 6.54 Å². The van der Waals surface area contributed by atoms with Gasteiger partial charge in [-0.05, 0) is 18.9 Å². The minimum absolute atomic E-state index is 0.0171. The van der Waals surface area contributed by atoms with Crippen molar-refractivity contribution in [2.75, 3.05) is 45.2 Å². The van der Waals surface area contributed by atoms with Crippen LogP contribution in [-0.2, 0) is 9.59 Å². The molecule has 0 radical (unpaired) electrons. The van der Waals surface area contributed by atoms with E-state index in [0.29, 0.717) is 32.1 Å². The van der Waals surface area contributed by atoms with Crippen molar-refractivity contribution in [2.24, 2.45) is 5.92 Å². The zero-order valence-corrected chi connectivity index (χ0v) is 15.7. The number of anilines is 1. The van der Waals surface area contributed by atoms with E-state index in [9.17, 15) is 9.59 Å². The highest BCUT2D eigenvalue weighted by Gasteiger charge is 2.34. The van der Waals surface area contributed by atoms with E-state index in [0.717, 1.165) is 25.1 Å². The highest BCUT2D eigenvalue weighted by molar-refractivity contribution is 5.80. The summed E-state index contributed by atoms with van der Waals surface area (Å²) in [5, 5.41) is 8.20. The molecule has 0 aliphatic carbocycles. The van der Waals surface area contributed by atoms with Crippen LogP contribution in [0, 0.1) is 5.92 Å². The number of likely N-dealkylation sites (tertiary alicyclic amines) is 2. The predicted molar refractivity (Wildman–Crippen MR) is 97.0 cm³/mol. The van der Waals surface area contributed by atoms with Crippen LogP contribution in [0.3, 0.4) is 0 Å². The Hall–Kier alpha value is -2.38. The summed E-state index contributed by atoms with van der Waals surface area (Å²) in [6, 6.07) is 3.67. The molecule has 0 aromatic carbocycles. The Kier molecular flexibility index (Phi) is 5.58. The molecule has 1 atom stereocenters. The van der Waals surface area contributed by atoms with E-state index >= 15 is 0 Å². The first-order valence-corrected chi connectivity index (χ1v) is 9.16. The molecule has 1 aromatic rings. The fraction of sp³-hybridized carbons (Fsp3) is 0.667. The van der Waals surface area contributed by atoms with Gasteiger partial charge in [-0.25, -0.2) is 0 Å². The average molecular weight is 361 g/mol. The highest BCUT2D eigenvalue weighted by Crippen LogP contribution is 2.24. The van der Waals surface area contributed by atoms with Gasteiger partial charge in [0.25, 0.3) is 0 Å². The molecule has 3 heterocycles. The Labute approximate surface area is 154 Å². The maximum atomic E-state index is 12.7. The van der Waals surface area contributed by atoms with Gasteiger partial charge in [0, 0.05) is 59.1 Å². The Morgan fingerprint density at radius 3 is 2.35 bits per heavy atom. The van der Waals surface area contributed by atoms with E-state index in [1.165, 1.54) is 0 Å². The lowest BCUT2D eigenvalue weighted by molar-refractivity contribution is -0.139. The molecule has 0 saturated carbocycles. The third kappa shape index (κ3) is 4.23. The normalized spacial score (nSPS) is 21.0. The number of hydrogen-bond acceptors (Lipinski definition) is 6. The van der Waals surface area contributed by atoms with E-state index in [1.54, 1.807) is 6.92 Å². The molecule has 8 nitrogen and oxygen atoms in total. The van der Waals surface area contributed by atoms with E-state index in [-0.39, 0.29) is 23.8 Å². The van der Waals surface area contributed by atoms with Crippen molar-refractivity contribution in [1.82, 2.24) is 20.0 Å². The van der Waals surface area contributed by atoms with E-state index in [1.807, 2.05) is 40.9 Å². The van der Waals surface area contributed by atoms with E-state index in [4.69, 9.17) is 4.74 Å². The maximum absolute atomic E-state index is 12.7. The molecule has 2 aliphatic heterocycles. The average Bonchev–Trinajstić information content (AvgIpc) is 3.10. The van der Waals surface area contributed by atoms with Gasteiger partial charge in [0.2, 0.25) is 17.7 Å². The number of piperidine rings is 1. The Morgan fingerprint density at radius 2 is 1.77 bits per heavy atom. The zero-order chi connectivity index (χ0) is 18.7. The van der Waals surface area contributed by atoms with Crippen LogP contribution in [0.4, 0.5) is 5.82 Å². The van der Waals surface area contributed by atoms with Crippen molar-refractivity contribution in [1.29, 1.82) is 0 Å². The standard InChI is InChI=1S/C18H27N5O3/c1-13(24)22-9-6-14(7-10-22)18(25)23-11-8-15(12-23)26-17-5-4-16(19-20-17)21(2)3/h4-5,14-15H,6-12H2,1-3H3/t15-/m1/s1. The van der Waals surface area contributed by atoms with Gasteiger partial charge in [0.1, 0.15) is 6.10 Å². The molecular formula is C18H27N5O3. The SMILES string of the molecule is CC(=O)N1CCC(C(=O)N2CC[C@@H](Oc3ccc(N(C)C)nn3)C2)CC1. The molecule has 8 heteroatoms. The lowest BCUT2D eigenvalue weighted by Gasteiger charge is -2.32. The van der Waals surface area contributed by atoms with Gasteiger partial charge in [-0.15, -0.1) is 10.2 Å². The van der Waals surface area contributed by atoms with Crippen molar-refractivity contribution in [3.05, 3.63) is 12.1 Å². The van der Waals surface area contributed by atoms with E-state index < -0.39 is 0 Å². The van der Waals surface area contributed by atoms with Crippen molar-refractivity contribution in [3.8, 4) is 5.88 Å². The van der Waals surface area contributed by atoms with Gasteiger partial charge in [-0.2, -0.15) is 0 Å². The fourth-order valence-electron chi connectivity index (χ4n) is 3.51. The van der Waals surface area contributed by atoms with Gasteiger partial charge in [-0.1, -0.05) is 0 Å². The third-order valence-corrected chi connectivity index (χ3v) is 5.12. The second-order valence-electron chi connectivity index (χ2n) is 7.22. The summed E-state index contributed by atoms with van der Waals surface area (Å²) in [7, 11) is 3.82. The van der Waals surface area contributed by atoms with Crippen LogP contribution in [0.15, 0.2) is 12.1 Å². The minimum atomic E-state index is -0.0456. The predicted octanol–water partition coefficient (Wildman–Crippen LogP) is 0.781. The fourth-order valence-corrected chi connectivity index (χ4v) is 3.51. The lowest BCUT2D eigenvalue weighted by atomic mass is 9.95. The third-order valence-electron chi connectivity index (χ3n) is 5.12. The largest absolute Gasteiger partial charge is 0.471 e. The maximum Gasteiger partial charge on any atom is 0.233 e. The molecule has 2 aliphatic rings. The summed E-state index contributed by atoms with van der Waals surface area (Å²) in [6.45, 7) is 4.22. The first-order valence-electron chi connectivity index (χ1n) is 9.16. The molecule has 2 amide bonds. The first kappa shape index (κ1) is 18.4. The smallest absolute Gasteiger partial charge is 0.233 e. The van der Waals surface area contributed by atoms with Crippen LogP contribution in [0.1, 0.15) is 26.2 Å². The van der Waals surface area contributed by atoms with Gasteiger partial charge >= 0.3 is 0 Å². The quantitative estimate of drug-likeness (QED) is 0.789. The number of carbonyl (C=O) groups is 2. The first-order chi connectivity index (χ1) is 12.4. The van der Waals surface area contributed by atoms with Crippen molar-refractivity contribution in [3.63, 3.8) is 0 Å². The molecule has 26 heavy (non-hydrogen) atoms. The molecule has 2 fully saturated rings. The molecule has 0 bridgehead atoms. The molecular weight excluding hydrogens is 334 g/mol. The second kappa shape index (κ2) is 7.88. The number of aromatic nitrogens is 2. The summed E-state index contributed by atoms with van der Waals surface area (Å²) in [5.74, 6) is 1.56. The molecule has 2 saturated heterocycles. The number of rotatable bonds is 4. The van der Waals surface area contributed by atoms with Crippen LogP contribution in [-0.4, -0.2) is 78.2 Å². The minimum Gasteiger partial charge on any atom is -0.471 e. The summed E-state index contributed by atoms with van der Waals surface area (Å²) >= 11 is 0. The number of carbonyl (C=O) groups excluding carboxylic acids is 2. The number of hydrogen-bond donors (Lipinski definition) is 0. The Bertz CT molecular complexity index is 641. The Balaban J connectivity index is 1.49. The zero-order valence-electron chi connectivity index (χ0n) is 15.7. The van der Waals surface area contributed by atoms with Crippen LogP contribution < -0.4 is 9.64 Å². The molecule has 0 unspecified atom stereocenters. The van der Waals surface area contributed by atoms with Crippen molar-refractivity contribution < 1.29 is 14.3 Å². The van der Waals surface area contributed by atoms with Crippen LogP contribution in [0.2, 0.25) is 0 Å². The van der Waals surface area contributed by atoms with Gasteiger partial charge < -0.3 is 19.4 Å². The molecule has 0 N–H and O–H groups in total. The monoisotopic (exact) mass is 361 g/mol. The molecule has 0 spiro atoms. The summed E-state index contributed by atoms with van der Waals surface area (Å²) < 4.78 is 5.89. The molecule has 3 rings (SSSR count). The summed E-state index contributed by atoms with van der Waals surface area (Å²) in [6.07, 6.45) is 2.25. The summed E-state index contributed by atoms with van der Waals surface area (Å²) in [4.78, 5) is 29.7. The number of amides is 2. The van der Waals surface area contributed by atoms with Crippen molar-refractivity contribution >= 4 is 17.6 Å². The van der Waals surface area contributed by atoms with Crippen LogP contribution in [0.5, 0.6) is 5.88 Å². The van der Waals surface area contributed by atoms with E-state index in [2.05, 4.69) is 10.2 Å². The van der Waals surface area contributed by atoms with Crippen LogP contribution >= 0.6 is 0 Å². The second-order valence-corrected chi connectivity index (χ2v) is 7.22.